The fraction of sp³-hybridized carbons (Fsp3) is 0.444. The number of likely N-dealkylation sites (tertiary alicyclic amines) is 1. The van der Waals surface area contributed by atoms with Gasteiger partial charge in [0.1, 0.15) is 20.8 Å². The highest BCUT2D eigenvalue weighted by atomic mass is 79.9. The lowest BCUT2D eigenvalue weighted by Gasteiger charge is -2.13. The molecular formula is C9H8Br2N4O2. The smallest absolute Gasteiger partial charge is 0.407 e. The van der Waals surface area contributed by atoms with Crippen molar-refractivity contribution >= 4 is 38.0 Å². The van der Waals surface area contributed by atoms with Crippen molar-refractivity contribution in [2.24, 2.45) is 0 Å². The molecule has 2 heterocycles. The Morgan fingerprint density at radius 1 is 1.59 bits per heavy atom. The van der Waals surface area contributed by atoms with E-state index in [0.29, 0.717) is 34.3 Å². The van der Waals surface area contributed by atoms with Gasteiger partial charge in [0.15, 0.2) is 0 Å². The molecule has 0 aliphatic carbocycles. The normalized spacial score (nSPS) is 19.4. The van der Waals surface area contributed by atoms with E-state index >= 15 is 0 Å². The molecule has 0 bridgehead atoms. The summed E-state index contributed by atoms with van der Waals surface area (Å²) in [6.07, 6.45) is -0.223. The van der Waals surface area contributed by atoms with Crippen LogP contribution in [0.5, 0.6) is 0 Å². The van der Waals surface area contributed by atoms with Crippen LogP contribution in [0, 0.1) is 11.3 Å². The molecule has 1 aliphatic heterocycles. The summed E-state index contributed by atoms with van der Waals surface area (Å²) in [7, 11) is 0. The zero-order valence-corrected chi connectivity index (χ0v) is 11.8. The molecule has 0 saturated carbocycles. The Morgan fingerprint density at radius 3 is 2.76 bits per heavy atom. The average molecular weight is 364 g/mol. The van der Waals surface area contributed by atoms with Gasteiger partial charge in [-0.05, 0) is 38.3 Å². The van der Waals surface area contributed by atoms with Crippen molar-refractivity contribution in [1.29, 1.82) is 5.26 Å². The third-order valence-corrected chi connectivity index (χ3v) is 4.02. The molecule has 2 rings (SSSR count). The van der Waals surface area contributed by atoms with Crippen LogP contribution >= 0.6 is 31.9 Å². The molecule has 1 aromatic rings. The van der Waals surface area contributed by atoms with Crippen molar-refractivity contribution < 1.29 is 9.90 Å². The quantitative estimate of drug-likeness (QED) is 0.829. The molecule has 1 fully saturated rings. The van der Waals surface area contributed by atoms with E-state index in [1.807, 2.05) is 6.07 Å². The van der Waals surface area contributed by atoms with Gasteiger partial charge in [-0.3, -0.25) is 4.68 Å². The van der Waals surface area contributed by atoms with Crippen molar-refractivity contribution in [2.45, 2.75) is 12.5 Å². The lowest BCUT2D eigenvalue weighted by Crippen LogP contribution is -2.27. The van der Waals surface area contributed by atoms with E-state index in [0.717, 1.165) is 0 Å². The van der Waals surface area contributed by atoms with Crippen molar-refractivity contribution in [3.63, 3.8) is 0 Å². The lowest BCUT2D eigenvalue weighted by atomic mass is 10.3. The van der Waals surface area contributed by atoms with Crippen LogP contribution in [0.3, 0.4) is 0 Å². The topological polar surface area (TPSA) is 82.2 Å². The third-order valence-electron chi connectivity index (χ3n) is 2.70. The van der Waals surface area contributed by atoms with Crippen molar-refractivity contribution in [2.75, 3.05) is 13.1 Å². The Hall–Kier alpha value is -1.07. The maximum Gasteiger partial charge on any atom is 0.407 e. The van der Waals surface area contributed by atoms with Crippen LogP contribution in [-0.2, 0) is 0 Å². The number of aromatic nitrogens is 2. The SMILES string of the molecule is N#Cc1c(Br)nn([C@H]2CCN(C(=O)O)C2)c1Br. The molecule has 6 nitrogen and oxygen atoms in total. The van der Waals surface area contributed by atoms with Crippen LogP contribution in [0.25, 0.3) is 0 Å². The van der Waals surface area contributed by atoms with Gasteiger partial charge < -0.3 is 10.0 Å². The minimum absolute atomic E-state index is 0.0288. The minimum Gasteiger partial charge on any atom is -0.465 e. The number of hydrogen-bond donors (Lipinski definition) is 1. The zero-order valence-electron chi connectivity index (χ0n) is 8.60. The Kier molecular flexibility index (Phi) is 3.40. The van der Waals surface area contributed by atoms with Gasteiger partial charge in [0.2, 0.25) is 0 Å². The van der Waals surface area contributed by atoms with Gasteiger partial charge in [-0.2, -0.15) is 10.4 Å². The van der Waals surface area contributed by atoms with E-state index in [9.17, 15) is 4.79 Å². The maximum absolute atomic E-state index is 10.8. The fourth-order valence-electron chi connectivity index (χ4n) is 1.84. The third kappa shape index (κ3) is 2.17. The summed E-state index contributed by atoms with van der Waals surface area (Å²) in [6.45, 7) is 0.888. The van der Waals surface area contributed by atoms with Gasteiger partial charge in [0.05, 0.1) is 6.04 Å². The highest BCUT2D eigenvalue weighted by molar-refractivity contribution is 9.11. The van der Waals surface area contributed by atoms with Crippen LogP contribution in [-0.4, -0.2) is 39.0 Å². The second-order valence-electron chi connectivity index (χ2n) is 3.68. The van der Waals surface area contributed by atoms with Crippen LogP contribution in [0.15, 0.2) is 9.21 Å². The first-order valence-electron chi connectivity index (χ1n) is 4.86. The summed E-state index contributed by atoms with van der Waals surface area (Å²) in [5.41, 5.74) is 0.429. The summed E-state index contributed by atoms with van der Waals surface area (Å²) in [6, 6.07) is 2.01. The van der Waals surface area contributed by atoms with Gasteiger partial charge in [-0.15, -0.1) is 0 Å². The second-order valence-corrected chi connectivity index (χ2v) is 5.19. The van der Waals surface area contributed by atoms with Gasteiger partial charge in [0.25, 0.3) is 0 Å². The van der Waals surface area contributed by atoms with Crippen LogP contribution in [0.4, 0.5) is 4.79 Å². The number of nitriles is 1. The van der Waals surface area contributed by atoms with Gasteiger partial charge in [0, 0.05) is 13.1 Å². The van der Waals surface area contributed by atoms with E-state index in [2.05, 4.69) is 37.0 Å². The van der Waals surface area contributed by atoms with Gasteiger partial charge >= 0.3 is 6.09 Å². The van der Waals surface area contributed by atoms with E-state index in [1.54, 1.807) is 4.68 Å². The molecule has 0 unspecified atom stereocenters. The molecule has 1 saturated heterocycles. The van der Waals surface area contributed by atoms with Crippen LogP contribution in [0.1, 0.15) is 18.0 Å². The maximum atomic E-state index is 10.8. The monoisotopic (exact) mass is 362 g/mol. The molecule has 1 aromatic heterocycles. The Balaban J connectivity index is 2.26. The molecular weight excluding hydrogens is 356 g/mol. The first kappa shape index (κ1) is 12.4. The minimum atomic E-state index is -0.921. The standard InChI is InChI=1S/C9H8Br2N4O2/c10-7-6(3-12)8(11)15(13-7)5-1-2-14(4-5)9(16)17/h5H,1-2,4H2,(H,16,17)/t5-/m0/s1. The Labute approximate surface area is 114 Å². The average Bonchev–Trinajstić information content (AvgIpc) is 2.84. The number of carbonyl (C=O) groups is 1. The van der Waals surface area contributed by atoms with Gasteiger partial charge in [-0.25, -0.2) is 4.79 Å². The molecule has 1 amide bonds. The summed E-state index contributed by atoms with van der Waals surface area (Å²) in [4.78, 5) is 12.2. The van der Waals surface area contributed by atoms with E-state index in [1.165, 1.54) is 4.90 Å². The molecule has 17 heavy (non-hydrogen) atoms. The number of nitrogens with zero attached hydrogens (tertiary/aromatic N) is 4. The van der Waals surface area contributed by atoms with Gasteiger partial charge in [-0.1, -0.05) is 0 Å². The van der Waals surface area contributed by atoms with E-state index in [4.69, 9.17) is 10.4 Å². The summed E-state index contributed by atoms with van der Waals surface area (Å²) in [5, 5.41) is 22.0. The highest BCUT2D eigenvalue weighted by Gasteiger charge is 2.30. The fourth-order valence-corrected chi connectivity index (χ4v) is 3.20. The molecule has 0 spiro atoms. The first-order chi connectivity index (χ1) is 8.04. The zero-order chi connectivity index (χ0) is 12.6. The molecule has 0 aromatic carbocycles. The number of rotatable bonds is 1. The second kappa shape index (κ2) is 4.66. The molecule has 90 valence electrons. The van der Waals surface area contributed by atoms with E-state index < -0.39 is 6.09 Å². The first-order valence-corrected chi connectivity index (χ1v) is 6.44. The molecule has 8 heteroatoms. The lowest BCUT2D eigenvalue weighted by molar-refractivity contribution is 0.154. The van der Waals surface area contributed by atoms with Crippen molar-refractivity contribution in [3.05, 3.63) is 14.8 Å². The molecule has 0 radical (unpaired) electrons. The summed E-state index contributed by atoms with van der Waals surface area (Å²) in [5.74, 6) is 0. The predicted octanol–water partition coefficient (Wildman–Crippen LogP) is 2.20. The Bertz CT molecular complexity index is 508. The number of hydrogen-bond acceptors (Lipinski definition) is 3. The largest absolute Gasteiger partial charge is 0.465 e. The van der Waals surface area contributed by atoms with E-state index in [-0.39, 0.29) is 6.04 Å². The number of amides is 1. The molecule has 1 aliphatic rings. The predicted molar refractivity (Wildman–Crippen MR) is 65.6 cm³/mol. The number of carboxylic acid groups (broad SMARTS) is 1. The molecule has 1 N–H and O–H groups in total. The Morgan fingerprint density at radius 2 is 2.29 bits per heavy atom. The van der Waals surface area contributed by atoms with Crippen LogP contribution < -0.4 is 0 Å². The summed E-state index contributed by atoms with van der Waals surface area (Å²) >= 11 is 6.52. The van der Waals surface area contributed by atoms with Crippen molar-refractivity contribution in [3.8, 4) is 6.07 Å². The number of halogens is 2. The van der Waals surface area contributed by atoms with Crippen LogP contribution in [0.2, 0.25) is 0 Å². The highest BCUT2D eigenvalue weighted by Crippen LogP contribution is 2.30. The van der Waals surface area contributed by atoms with Crippen molar-refractivity contribution in [1.82, 2.24) is 14.7 Å². The summed E-state index contributed by atoms with van der Waals surface area (Å²) < 4.78 is 2.72. The molecule has 1 atom stereocenters.